The first-order valence-corrected chi connectivity index (χ1v) is 2.48. The molecular weight excluding hydrogens is 141 g/mol. The van der Waals surface area contributed by atoms with Crippen molar-refractivity contribution in [1.29, 1.82) is 0 Å². The van der Waals surface area contributed by atoms with Gasteiger partial charge in [0, 0.05) is 0 Å². The molecule has 3 N–H and O–H groups in total. The molecule has 0 saturated heterocycles. The minimum absolute atomic E-state index is 0. The normalized spacial score (nSPS) is 11.0. The van der Waals surface area contributed by atoms with Crippen molar-refractivity contribution in [3.05, 3.63) is 0 Å². The standard InChI is InChI=1S/C5H7FO3.H3N/c1-2-9-5(8)4(6)3-7;/h3-4H,2H2,1H3;1H3. The topological polar surface area (TPSA) is 78.4 Å². The Morgan fingerprint density at radius 2 is 2.30 bits per heavy atom. The van der Waals surface area contributed by atoms with E-state index in [0.29, 0.717) is 0 Å². The van der Waals surface area contributed by atoms with Crippen LogP contribution in [-0.2, 0) is 14.3 Å². The van der Waals surface area contributed by atoms with Gasteiger partial charge in [-0.05, 0) is 6.92 Å². The highest BCUT2D eigenvalue weighted by Gasteiger charge is 2.15. The summed E-state index contributed by atoms with van der Waals surface area (Å²) in [5, 5.41) is 0. The molecule has 0 aliphatic rings. The van der Waals surface area contributed by atoms with E-state index in [1.165, 1.54) is 6.92 Å². The molecule has 60 valence electrons. The monoisotopic (exact) mass is 151 g/mol. The van der Waals surface area contributed by atoms with Crippen LogP contribution < -0.4 is 6.15 Å². The molecule has 4 nitrogen and oxygen atoms in total. The number of aldehydes is 1. The molecule has 0 rings (SSSR count). The summed E-state index contributed by atoms with van der Waals surface area (Å²) in [7, 11) is 0. The number of carbonyl (C=O) groups excluding carboxylic acids is 2. The van der Waals surface area contributed by atoms with Crippen molar-refractivity contribution in [2.75, 3.05) is 6.61 Å². The maximum absolute atomic E-state index is 11.9. The van der Waals surface area contributed by atoms with Crippen LogP contribution in [0, 0.1) is 0 Å². The van der Waals surface area contributed by atoms with E-state index in [2.05, 4.69) is 4.74 Å². The second kappa shape index (κ2) is 6.15. The van der Waals surface area contributed by atoms with Crippen LogP contribution in [0.4, 0.5) is 4.39 Å². The third-order valence-electron chi connectivity index (χ3n) is 0.631. The Morgan fingerprint density at radius 1 is 1.80 bits per heavy atom. The maximum atomic E-state index is 11.9. The number of hydrogen-bond donors (Lipinski definition) is 1. The van der Waals surface area contributed by atoms with Crippen LogP contribution in [0.3, 0.4) is 0 Å². The number of alkyl halides is 1. The first-order chi connectivity index (χ1) is 4.22. The molecule has 5 heteroatoms. The van der Waals surface area contributed by atoms with Crippen LogP contribution in [0.15, 0.2) is 0 Å². The van der Waals surface area contributed by atoms with E-state index in [4.69, 9.17) is 0 Å². The predicted molar refractivity (Wildman–Crippen MR) is 32.6 cm³/mol. The predicted octanol–water partition coefficient (Wildman–Crippen LogP) is 0.248. The molecule has 0 heterocycles. The summed E-state index contributed by atoms with van der Waals surface area (Å²) in [5.74, 6) is -1.12. The highest BCUT2D eigenvalue weighted by Crippen LogP contribution is 1.89. The van der Waals surface area contributed by atoms with Gasteiger partial charge in [-0.2, -0.15) is 0 Å². The van der Waals surface area contributed by atoms with Crippen molar-refractivity contribution >= 4 is 12.3 Å². The second-order valence-electron chi connectivity index (χ2n) is 1.29. The lowest BCUT2D eigenvalue weighted by molar-refractivity contribution is -0.150. The van der Waals surface area contributed by atoms with Gasteiger partial charge < -0.3 is 10.9 Å². The largest absolute Gasteiger partial charge is 0.464 e. The SMILES string of the molecule is CCOC(=O)C(F)C=O.N. The van der Waals surface area contributed by atoms with Gasteiger partial charge in [0.15, 0.2) is 6.29 Å². The lowest BCUT2D eigenvalue weighted by atomic mass is 10.4. The molecule has 0 aromatic carbocycles. The van der Waals surface area contributed by atoms with Gasteiger partial charge in [-0.15, -0.1) is 0 Å². The lowest BCUT2D eigenvalue weighted by Crippen LogP contribution is -2.19. The van der Waals surface area contributed by atoms with Crippen molar-refractivity contribution in [2.45, 2.75) is 13.1 Å². The molecule has 0 spiro atoms. The number of hydrogen-bond acceptors (Lipinski definition) is 4. The quantitative estimate of drug-likeness (QED) is 0.356. The minimum Gasteiger partial charge on any atom is -0.464 e. The summed E-state index contributed by atoms with van der Waals surface area (Å²) in [6.07, 6.45) is -2.22. The number of esters is 1. The van der Waals surface area contributed by atoms with Crippen molar-refractivity contribution in [1.82, 2.24) is 6.15 Å². The molecule has 0 fully saturated rings. The van der Waals surface area contributed by atoms with E-state index in [1.807, 2.05) is 0 Å². The molecule has 0 aliphatic heterocycles. The fraction of sp³-hybridized carbons (Fsp3) is 0.600. The van der Waals surface area contributed by atoms with Gasteiger partial charge in [-0.1, -0.05) is 0 Å². The smallest absolute Gasteiger partial charge is 0.348 e. The summed E-state index contributed by atoms with van der Waals surface area (Å²) < 4.78 is 16.0. The lowest BCUT2D eigenvalue weighted by Gasteiger charge is -1.98. The zero-order valence-corrected chi connectivity index (χ0v) is 5.67. The number of carbonyl (C=O) groups is 2. The Morgan fingerprint density at radius 3 is 2.60 bits per heavy atom. The van der Waals surface area contributed by atoms with Gasteiger partial charge in [0.2, 0.25) is 0 Å². The summed E-state index contributed by atoms with van der Waals surface area (Å²) in [6.45, 7) is 1.63. The van der Waals surface area contributed by atoms with Crippen LogP contribution in [-0.4, -0.2) is 25.0 Å². The first kappa shape index (κ1) is 11.8. The minimum atomic E-state index is -2.12. The van der Waals surface area contributed by atoms with Gasteiger partial charge in [0.1, 0.15) is 0 Å². The summed E-state index contributed by atoms with van der Waals surface area (Å²) in [5.41, 5.74) is 0. The summed E-state index contributed by atoms with van der Waals surface area (Å²) in [6, 6.07) is 0. The molecule has 1 unspecified atom stereocenters. The summed E-state index contributed by atoms with van der Waals surface area (Å²) in [4.78, 5) is 19.7. The third kappa shape index (κ3) is 3.96. The Kier molecular flexibility index (Phi) is 7.25. The highest BCUT2D eigenvalue weighted by atomic mass is 19.1. The fourth-order valence-corrected chi connectivity index (χ4v) is 0.277. The molecule has 0 saturated carbocycles. The van der Waals surface area contributed by atoms with Gasteiger partial charge in [-0.3, -0.25) is 4.79 Å². The van der Waals surface area contributed by atoms with Crippen molar-refractivity contribution in [2.24, 2.45) is 0 Å². The molecule has 0 aliphatic carbocycles. The van der Waals surface area contributed by atoms with Crippen molar-refractivity contribution < 1.29 is 18.7 Å². The fourth-order valence-electron chi connectivity index (χ4n) is 0.277. The van der Waals surface area contributed by atoms with Crippen molar-refractivity contribution in [3.63, 3.8) is 0 Å². The van der Waals surface area contributed by atoms with Crippen LogP contribution in [0.25, 0.3) is 0 Å². The average molecular weight is 151 g/mol. The van der Waals surface area contributed by atoms with E-state index in [0.717, 1.165) is 0 Å². The van der Waals surface area contributed by atoms with E-state index in [1.54, 1.807) is 0 Å². The van der Waals surface area contributed by atoms with Gasteiger partial charge in [0.05, 0.1) is 6.61 Å². The van der Waals surface area contributed by atoms with Crippen LogP contribution in [0.5, 0.6) is 0 Å². The van der Waals surface area contributed by atoms with Crippen LogP contribution in [0.2, 0.25) is 0 Å². The molecule has 0 aromatic heterocycles. The molecule has 10 heavy (non-hydrogen) atoms. The van der Waals surface area contributed by atoms with E-state index in [-0.39, 0.29) is 19.0 Å². The Bertz CT molecular complexity index is 117. The number of ether oxygens (including phenoxy) is 1. The zero-order valence-electron chi connectivity index (χ0n) is 5.67. The van der Waals surface area contributed by atoms with E-state index >= 15 is 0 Å². The van der Waals surface area contributed by atoms with Gasteiger partial charge >= 0.3 is 5.97 Å². The number of rotatable bonds is 3. The first-order valence-electron chi connectivity index (χ1n) is 2.48. The molecule has 0 radical (unpaired) electrons. The molecule has 0 aromatic rings. The Labute approximate surface area is 57.9 Å². The molecule has 0 amide bonds. The van der Waals surface area contributed by atoms with Crippen molar-refractivity contribution in [3.8, 4) is 0 Å². The second-order valence-corrected chi connectivity index (χ2v) is 1.29. The third-order valence-corrected chi connectivity index (χ3v) is 0.631. The van der Waals surface area contributed by atoms with E-state index in [9.17, 15) is 14.0 Å². The molecule has 0 bridgehead atoms. The number of halogens is 1. The van der Waals surface area contributed by atoms with Gasteiger partial charge in [0.25, 0.3) is 6.17 Å². The molecule has 1 atom stereocenters. The van der Waals surface area contributed by atoms with Crippen LogP contribution in [0.1, 0.15) is 6.92 Å². The Hall–Kier alpha value is -0.970. The summed E-state index contributed by atoms with van der Waals surface area (Å²) >= 11 is 0. The Balaban J connectivity index is 0. The molecular formula is C5H10FNO3. The average Bonchev–Trinajstić information content (AvgIpc) is 1.87. The van der Waals surface area contributed by atoms with Crippen LogP contribution >= 0.6 is 0 Å². The zero-order chi connectivity index (χ0) is 7.28. The maximum Gasteiger partial charge on any atom is 0.348 e. The van der Waals surface area contributed by atoms with E-state index < -0.39 is 12.1 Å². The highest BCUT2D eigenvalue weighted by molar-refractivity contribution is 5.90. The van der Waals surface area contributed by atoms with Gasteiger partial charge in [-0.25, -0.2) is 9.18 Å².